The molecule has 1 aromatic heterocycles. The highest BCUT2D eigenvalue weighted by Crippen LogP contribution is 2.25. The first-order valence-corrected chi connectivity index (χ1v) is 7.65. The molecule has 0 atom stereocenters. The van der Waals surface area contributed by atoms with Gasteiger partial charge in [0.2, 0.25) is 0 Å². The fourth-order valence-corrected chi connectivity index (χ4v) is 2.87. The van der Waals surface area contributed by atoms with Crippen LogP contribution in [0.1, 0.15) is 0 Å². The number of imidazole rings is 1. The van der Waals surface area contributed by atoms with Gasteiger partial charge >= 0.3 is 11.9 Å². The van der Waals surface area contributed by atoms with Crippen LogP contribution in [0.25, 0.3) is 11.0 Å². The van der Waals surface area contributed by atoms with E-state index in [9.17, 15) is 9.59 Å². The molecule has 1 heterocycles. The maximum Gasteiger partial charge on any atom is 0.325 e. The molecular formula is C12H11IN2O4S. The Labute approximate surface area is 132 Å². The van der Waals surface area contributed by atoms with Gasteiger partial charge in [0.25, 0.3) is 0 Å². The molecule has 0 fully saturated rings. The monoisotopic (exact) mass is 406 g/mol. The number of thioether (sulfide) groups is 1. The first-order valence-electron chi connectivity index (χ1n) is 5.58. The van der Waals surface area contributed by atoms with Crippen molar-refractivity contribution >= 4 is 57.3 Å². The Hall–Kier alpha value is -1.29. The zero-order valence-electron chi connectivity index (χ0n) is 10.5. The number of carboxylic acid groups (broad SMARTS) is 1. The largest absolute Gasteiger partial charge is 0.481 e. The summed E-state index contributed by atoms with van der Waals surface area (Å²) in [6, 6.07) is 5.65. The smallest absolute Gasteiger partial charge is 0.325 e. The van der Waals surface area contributed by atoms with Crippen LogP contribution in [-0.4, -0.2) is 39.5 Å². The van der Waals surface area contributed by atoms with Gasteiger partial charge < -0.3 is 14.4 Å². The fraction of sp³-hybridized carbons (Fsp3) is 0.250. The van der Waals surface area contributed by atoms with Gasteiger partial charge in [-0.15, -0.1) is 0 Å². The number of aromatic nitrogens is 2. The van der Waals surface area contributed by atoms with Gasteiger partial charge in [-0.25, -0.2) is 4.98 Å². The minimum absolute atomic E-state index is 0.00947. The number of carbonyl (C=O) groups is 2. The maximum atomic E-state index is 11.5. The average Bonchev–Trinajstić information content (AvgIpc) is 2.73. The van der Waals surface area contributed by atoms with Crippen molar-refractivity contribution in [2.75, 3.05) is 12.9 Å². The Morgan fingerprint density at radius 1 is 1.50 bits per heavy atom. The van der Waals surface area contributed by atoms with Crippen LogP contribution >= 0.6 is 34.4 Å². The van der Waals surface area contributed by atoms with Crippen LogP contribution in [-0.2, 0) is 20.9 Å². The first-order chi connectivity index (χ1) is 9.51. The van der Waals surface area contributed by atoms with Gasteiger partial charge in [-0.2, -0.15) is 0 Å². The topological polar surface area (TPSA) is 81.4 Å². The maximum absolute atomic E-state index is 11.5. The minimum Gasteiger partial charge on any atom is -0.481 e. The predicted molar refractivity (Wildman–Crippen MR) is 82.8 cm³/mol. The third-order valence-electron chi connectivity index (χ3n) is 2.51. The molecule has 0 aliphatic heterocycles. The van der Waals surface area contributed by atoms with Crippen LogP contribution in [0, 0.1) is 3.57 Å². The summed E-state index contributed by atoms with van der Waals surface area (Å²) in [6.45, 7) is 0.00947. The number of carbonyl (C=O) groups excluding carboxylic acids is 1. The number of hydrogen-bond donors (Lipinski definition) is 1. The molecule has 0 bridgehead atoms. The Balaban J connectivity index is 2.44. The Morgan fingerprint density at radius 2 is 2.25 bits per heavy atom. The second kappa shape index (κ2) is 6.44. The predicted octanol–water partition coefficient (Wildman–Crippen LogP) is 1.99. The minimum atomic E-state index is -0.929. The summed E-state index contributed by atoms with van der Waals surface area (Å²) in [5, 5.41) is 9.26. The van der Waals surface area contributed by atoms with Gasteiger partial charge in [0.15, 0.2) is 5.16 Å². The van der Waals surface area contributed by atoms with E-state index < -0.39 is 11.9 Å². The highest BCUT2D eigenvalue weighted by molar-refractivity contribution is 14.1. The van der Waals surface area contributed by atoms with E-state index in [1.54, 1.807) is 4.57 Å². The van der Waals surface area contributed by atoms with Crippen LogP contribution in [0.2, 0.25) is 0 Å². The first kappa shape index (κ1) is 15.1. The van der Waals surface area contributed by atoms with Gasteiger partial charge in [-0.1, -0.05) is 11.8 Å². The lowest BCUT2D eigenvalue weighted by atomic mass is 10.3. The van der Waals surface area contributed by atoms with Crippen molar-refractivity contribution in [3.05, 3.63) is 21.8 Å². The molecule has 6 nitrogen and oxygen atoms in total. The molecule has 0 aliphatic rings. The molecule has 0 spiro atoms. The Bertz CT molecular complexity index is 671. The molecule has 1 aromatic carbocycles. The number of hydrogen-bond acceptors (Lipinski definition) is 5. The summed E-state index contributed by atoms with van der Waals surface area (Å²) < 4.78 is 7.35. The number of methoxy groups -OCH3 is 1. The number of ether oxygens (including phenoxy) is 1. The molecule has 0 saturated carbocycles. The molecule has 20 heavy (non-hydrogen) atoms. The van der Waals surface area contributed by atoms with E-state index >= 15 is 0 Å². The lowest BCUT2D eigenvalue weighted by molar-refractivity contribution is -0.141. The molecule has 0 radical (unpaired) electrons. The number of halogens is 1. The van der Waals surface area contributed by atoms with Crippen LogP contribution < -0.4 is 0 Å². The van der Waals surface area contributed by atoms with Crippen molar-refractivity contribution in [1.82, 2.24) is 9.55 Å². The van der Waals surface area contributed by atoms with Gasteiger partial charge in [0, 0.05) is 3.57 Å². The number of aliphatic carboxylic acids is 1. The van der Waals surface area contributed by atoms with E-state index in [0.717, 1.165) is 26.4 Å². The number of benzene rings is 1. The van der Waals surface area contributed by atoms with E-state index in [1.165, 1.54) is 7.11 Å². The van der Waals surface area contributed by atoms with Crippen molar-refractivity contribution in [2.24, 2.45) is 0 Å². The molecule has 1 N–H and O–H groups in total. The van der Waals surface area contributed by atoms with E-state index in [0.29, 0.717) is 5.16 Å². The second-order valence-corrected chi connectivity index (χ2v) is 6.06. The molecular weight excluding hydrogens is 395 g/mol. The van der Waals surface area contributed by atoms with Gasteiger partial charge in [0.1, 0.15) is 6.54 Å². The number of nitrogens with zero attached hydrogens (tertiary/aromatic N) is 2. The van der Waals surface area contributed by atoms with E-state index in [1.807, 2.05) is 18.2 Å². The highest BCUT2D eigenvalue weighted by atomic mass is 127. The van der Waals surface area contributed by atoms with Crippen molar-refractivity contribution in [1.29, 1.82) is 0 Å². The summed E-state index contributed by atoms with van der Waals surface area (Å²) in [5.74, 6) is -1.44. The molecule has 2 rings (SSSR count). The Kier molecular flexibility index (Phi) is 4.86. The van der Waals surface area contributed by atoms with E-state index in [2.05, 4.69) is 32.3 Å². The third-order valence-corrected chi connectivity index (χ3v) is 4.15. The fourth-order valence-electron chi connectivity index (χ4n) is 1.66. The van der Waals surface area contributed by atoms with Crippen LogP contribution in [0.15, 0.2) is 23.4 Å². The van der Waals surface area contributed by atoms with Crippen molar-refractivity contribution < 1.29 is 19.4 Å². The quantitative estimate of drug-likeness (QED) is 0.465. The summed E-state index contributed by atoms with van der Waals surface area (Å²) in [6.07, 6.45) is 0. The van der Waals surface area contributed by atoms with Gasteiger partial charge in [0.05, 0.1) is 23.9 Å². The van der Waals surface area contributed by atoms with Crippen molar-refractivity contribution in [2.45, 2.75) is 11.7 Å². The Morgan fingerprint density at radius 3 is 2.90 bits per heavy atom. The number of fused-ring (bicyclic) bond motifs is 1. The zero-order valence-corrected chi connectivity index (χ0v) is 13.5. The van der Waals surface area contributed by atoms with Gasteiger partial charge in [-0.05, 0) is 40.8 Å². The normalized spacial score (nSPS) is 10.7. The summed E-state index contributed by atoms with van der Waals surface area (Å²) >= 11 is 3.25. The third kappa shape index (κ3) is 3.42. The van der Waals surface area contributed by atoms with Crippen LogP contribution in [0.3, 0.4) is 0 Å². The lowest BCUT2D eigenvalue weighted by Crippen LogP contribution is -2.13. The molecule has 106 valence electrons. The number of esters is 1. The molecule has 0 saturated heterocycles. The van der Waals surface area contributed by atoms with Gasteiger partial charge in [-0.3, -0.25) is 9.59 Å². The highest BCUT2D eigenvalue weighted by Gasteiger charge is 2.15. The summed E-state index contributed by atoms with van der Waals surface area (Å²) in [7, 11) is 1.31. The number of carboxylic acids is 1. The molecule has 2 aromatic rings. The average molecular weight is 406 g/mol. The SMILES string of the molecule is COC(=O)Cn1c(SCC(=O)O)nc2cc(I)ccc21. The molecule has 0 aliphatic carbocycles. The van der Waals surface area contributed by atoms with Crippen LogP contribution in [0.5, 0.6) is 0 Å². The molecule has 8 heteroatoms. The lowest BCUT2D eigenvalue weighted by Gasteiger charge is -2.06. The summed E-state index contributed by atoms with van der Waals surface area (Å²) in [5.41, 5.74) is 1.51. The standard InChI is InChI=1S/C12H11IN2O4S/c1-19-11(18)5-15-9-3-2-7(13)4-8(9)14-12(15)20-6-10(16)17/h2-4H,5-6H2,1H3,(H,16,17). The van der Waals surface area contributed by atoms with Crippen molar-refractivity contribution in [3.63, 3.8) is 0 Å². The molecule has 0 unspecified atom stereocenters. The van der Waals surface area contributed by atoms with Crippen LogP contribution in [0.4, 0.5) is 0 Å². The van der Waals surface area contributed by atoms with E-state index in [-0.39, 0.29) is 12.3 Å². The van der Waals surface area contributed by atoms with Crippen molar-refractivity contribution in [3.8, 4) is 0 Å². The zero-order chi connectivity index (χ0) is 14.7. The second-order valence-electron chi connectivity index (χ2n) is 3.87. The summed E-state index contributed by atoms with van der Waals surface area (Å²) in [4.78, 5) is 26.5. The number of rotatable bonds is 5. The molecule has 0 amide bonds. The van der Waals surface area contributed by atoms with E-state index in [4.69, 9.17) is 5.11 Å².